The van der Waals surface area contributed by atoms with Crippen LogP contribution in [0.2, 0.25) is 0 Å². The molecule has 35 nitrogen and oxygen atoms in total. The third-order valence-corrected chi connectivity index (χ3v) is 20.3. The first-order valence-corrected chi connectivity index (χ1v) is 45.6. The van der Waals surface area contributed by atoms with Crippen LogP contribution in [0.4, 0.5) is 0 Å². The van der Waals surface area contributed by atoms with E-state index in [4.69, 9.17) is 45.6 Å². The first-order valence-electron chi connectivity index (χ1n) is 45.6. The van der Waals surface area contributed by atoms with Crippen LogP contribution in [0.5, 0.6) is 34.5 Å². The maximum absolute atomic E-state index is 6.79. The Balaban J connectivity index is 0.758. The highest BCUT2D eigenvalue weighted by Crippen LogP contribution is 2.30. The molecule has 11 rings (SSSR count). The van der Waals surface area contributed by atoms with Gasteiger partial charge in [-0.25, -0.2) is 23.4 Å². The summed E-state index contributed by atoms with van der Waals surface area (Å²) in [7, 11) is 32.1. The summed E-state index contributed by atoms with van der Waals surface area (Å²) < 4.78 is 49.5. The highest BCUT2D eigenvalue weighted by Gasteiger charge is 2.18. The summed E-state index contributed by atoms with van der Waals surface area (Å²) >= 11 is 0. The molecule has 0 saturated carbocycles. The molecule has 0 saturated heterocycles. The minimum atomic E-state index is 0.244. The van der Waals surface area contributed by atoms with Gasteiger partial charge in [-0.2, -0.15) is 0 Å². The van der Waals surface area contributed by atoms with Gasteiger partial charge in [0.15, 0.2) is 0 Å². The van der Waals surface area contributed by atoms with Crippen LogP contribution in [0.1, 0.15) is 121 Å². The second-order valence-electron chi connectivity index (χ2n) is 36.5. The largest absolute Gasteiger partial charge is 0.490 e. The number of benzene rings is 6. The van der Waals surface area contributed by atoms with E-state index in [1.807, 2.05) is 225 Å². The lowest BCUT2D eigenvalue weighted by molar-refractivity contribution is 0.295. The fourth-order valence-electron chi connectivity index (χ4n) is 15.0. The standard InChI is InChI=1S/C100H141N29O6/c1-117(2)58-87(101)50-104-47-75-29-76(48-105-51-88(102)59-118(3)4)36-97(35-75)132-71-83-33-85(73-134-99-39-79(54-126-67-91(108-113-126)62-121(9)10)31-80(40-99)55-127-68-92(109-114-127)63-122(11)12)45-95(43-83)130-27-25-23-21-19-17-18-20-22-24-26-28-131-96-44-84(72-133-98-37-77(49-106-52-89(103)60-119(5)6)30-78(38-98)53-125-66-90(107-112-125)61-120(7)8)34-86(46-96)74-135-100-41-81(56-128-69-93(110-115-128)64-123(13)14)32-82(42-100)57-129-70-94(111-116-129)65-124(15)16/h17-18,23-26,29-46,50-52,66-70,104-106H,19-22,27-28,47-49,53-65,71-74,101-103H2,1-16H3/b18-17+,25-23?,26-24+,87-50-,88-51-,89-52-. The van der Waals surface area contributed by atoms with Gasteiger partial charge in [0.2, 0.25) is 0 Å². The normalized spacial score (nSPS) is 12.4. The molecule has 0 unspecified atom stereocenters. The highest BCUT2D eigenvalue weighted by molar-refractivity contribution is 5.42. The van der Waals surface area contributed by atoms with Crippen molar-refractivity contribution in [2.24, 2.45) is 17.2 Å². The zero-order valence-electron chi connectivity index (χ0n) is 81.8. The van der Waals surface area contributed by atoms with Crippen LogP contribution in [0.25, 0.3) is 0 Å². The molecule has 0 fully saturated rings. The zero-order valence-corrected chi connectivity index (χ0v) is 81.8. The number of allylic oxidation sites excluding steroid dienone is 4. The molecule has 5 aromatic heterocycles. The summed E-state index contributed by atoms with van der Waals surface area (Å²) in [6.07, 6.45) is 31.9. The van der Waals surface area contributed by atoms with Gasteiger partial charge in [-0.05, 0) is 290 Å². The molecular formula is C100H141N29O6. The molecule has 35 heteroatoms. The van der Waals surface area contributed by atoms with Crippen LogP contribution in [0, 0.1) is 0 Å². The van der Waals surface area contributed by atoms with Gasteiger partial charge >= 0.3 is 0 Å². The Morgan fingerprint density at radius 3 is 0.696 bits per heavy atom. The number of ether oxygens (including phenoxy) is 6. The van der Waals surface area contributed by atoms with Crippen molar-refractivity contribution in [1.82, 2.24) is 130 Å². The molecule has 0 radical (unpaired) electrons. The lowest BCUT2D eigenvalue weighted by Crippen LogP contribution is -2.22. The second kappa shape index (κ2) is 53.0. The third-order valence-electron chi connectivity index (χ3n) is 20.3. The van der Waals surface area contributed by atoms with E-state index >= 15 is 0 Å². The van der Waals surface area contributed by atoms with E-state index in [0.29, 0.717) is 152 Å². The Labute approximate surface area is 796 Å². The number of nitrogens with two attached hydrogens (primary N) is 3. The number of hydrogen-bond donors (Lipinski definition) is 6. The van der Waals surface area contributed by atoms with Crippen LogP contribution in [-0.4, -0.2) is 260 Å². The average molecular weight is 1850 g/mol. The quantitative estimate of drug-likeness (QED) is 0.0152. The Morgan fingerprint density at radius 2 is 0.459 bits per heavy atom. The number of aromatic nitrogens is 15. The van der Waals surface area contributed by atoms with Crippen LogP contribution in [0.3, 0.4) is 0 Å². The van der Waals surface area contributed by atoms with E-state index in [-0.39, 0.29) is 26.4 Å². The van der Waals surface area contributed by atoms with E-state index in [1.54, 1.807) is 0 Å². The molecule has 0 atom stereocenters. The smallest absolute Gasteiger partial charge is 0.120 e. The summed E-state index contributed by atoms with van der Waals surface area (Å²) in [6, 6.07) is 37.5. The third kappa shape index (κ3) is 38.3. The minimum absolute atomic E-state index is 0.244. The fraction of sp³-hybridized carbons (Fsp3) is 0.420. The summed E-state index contributed by atoms with van der Waals surface area (Å²) in [5.74, 6) is 4.17. The van der Waals surface area contributed by atoms with Gasteiger partial charge in [-0.3, -0.25) is 0 Å². The SMILES string of the molecule is CN(C)C/C(N)=C/NCc1cc(CN/C=C(\N)CN(C)C)cc(OCc2cc(COc3cc(Cn4cc(CN(C)C)nn4)cc(Cn4cc(CN(C)C)nn4)c3)cc(OCC=CCC/C=C/CC/C=C/COc3cc(COc4cc(CN/C=C(\N)CN(C)C)cc(Cn5cc(CN(C)C)nn5)c4)cc(COc4cc(Cn5cc(CN(C)C)nn5)cc(Cn5cc(CN(C)C)nn5)c4)c3)c2)c1. The van der Waals surface area contributed by atoms with Gasteiger partial charge in [-0.1, -0.05) is 86.8 Å². The molecule has 0 aliphatic carbocycles. The van der Waals surface area contributed by atoms with Crippen molar-refractivity contribution in [3.8, 4) is 34.5 Å². The van der Waals surface area contributed by atoms with Crippen molar-refractivity contribution in [3.63, 3.8) is 0 Å². The van der Waals surface area contributed by atoms with Crippen molar-refractivity contribution >= 4 is 0 Å². The maximum atomic E-state index is 6.79. The van der Waals surface area contributed by atoms with E-state index in [0.717, 1.165) is 138 Å². The molecule has 9 N–H and O–H groups in total. The molecule has 0 aliphatic rings. The first kappa shape index (κ1) is 102. The summed E-state index contributed by atoms with van der Waals surface area (Å²) in [6.45, 7) is 11.0. The van der Waals surface area contributed by atoms with Gasteiger partial charge in [0, 0.05) is 108 Å². The van der Waals surface area contributed by atoms with Gasteiger partial charge in [0.25, 0.3) is 0 Å². The predicted molar refractivity (Wildman–Crippen MR) is 528 cm³/mol. The molecule has 0 amide bonds. The Bertz CT molecular complexity index is 5490. The van der Waals surface area contributed by atoms with Gasteiger partial charge in [-0.15, -0.1) is 25.5 Å². The van der Waals surface area contributed by atoms with Crippen LogP contribution in [-0.2, 0) is 112 Å². The lowest BCUT2D eigenvalue weighted by atomic mass is 10.1. The minimum Gasteiger partial charge on any atom is -0.490 e. The van der Waals surface area contributed by atoms with E-state index < -0.39 is 0 Å². The summed E-state index contributed by atoms with van der Waals surface area (Å²) in [5.41, 5.74) is 37.4. The fourth-order valence-corrected chi connectivity index (χ4v) is 15.0. The maximum Gasteiger partial charge on any atom is 0.120 e. The molecule has 11 aromatic rings. The van der Waals surface area contributed by atoms with Crippen LogP contribution in [0.15, 0.2) is 212 Å². The van der Waals surface area contributed by atoms with E-state index in [2.05, 4.69) is 213 Å². The van der Waals surface area contributed by atoms with Crippen LogP contribution < -0.4 is 61.6 Å². The number of likely N-dealkylation sites (N-methyl/N-ethyl adjacent to an activating group) is 3. The molecule has 5 heterocycles. The first-order chi connectivity index (χ1) is 65.0. The van der Waals surface area contributed by atoms with Crippen molar-refractivity contribution in [1.29, 1.82) is 0 Å². The van der Waals surface area contributed by atoms with E-state index in [1.165, 1.54) is 0 Å². The molecule has 6 aromatic carbocycles. The lowest BCUT2D eigenvalue weighted by Gasteiger charge is -2.15. The second-order valence-corrected chi connectivity index (χ2v) is 36.5. The Hall–Kier alpha value is -13.3. The van der Waals surface area contributed by atoms with Crippen molar-refractivity contribution in [2.45, 2.75) is 137 Å². The number of rotatable bonds is 59. The zero-order chi connectivity index (χ0) is 96.0. The van der Waals surface area contributed by atoms with E-state index in [9.17, 15) is 0 Å². The van der Waals surface area contributed by atoms with Crippen molar-refractivity contribution < 1.29 is 28.4 Å². The van der Waals surface area contributed by atoms with Crippen molar-refractivity contribution in [3.05, 3.63) is 308 Å². The van der Waals surface area contributed by atoms with Gasteiger partial charge in [0.05, 0.1) is 92.2 Å². The monoisotopic (exact) mass is 1840 g/mol. The van der Waals surface area contributed by atoms with Gasteiger partial charge in [0.1, 0.15) is 74.1 Å². The molecule has 0 spiro atoms. The molecule has 135 heavy (non-hydrogen) atoms. The summed E-state index contributed by atoms with van der Waals surface area (Å²) in [4.78, 5) is 16.5. The molecule has 0 aliphatic heterocycles. The number of nitrogens with zero attached hydrogens (tertiary/aromatic N) is 23. The molecular weight excluding hydrogens is 1700 g/mol. The van der Waals surface area contributed by atoms with Gasteiger partial charge < -0.3 is 101 Å². The number of unbranched alkanes of at least 4 members (excludes halogenated alkanes) is 2. The highest BCUT2D eigenvalue weighted by atomic mass is 16.5. The predicted octanol–water partition coefficient (Wildman–Crippen LogP) is 9.55. The Kier molecular flexibility index (Phi) is 40.1. The molecule has 722 valence electrons. The number of hydrogen-bond acceptors (Lipinski definition) is 30. The van der Waals surface area contributed by atoms with Crippen molar-refractivity contribution in [2.75, 3.05) is 146 Å². The Morgan fingerprint density at radius 1 is 0.259 bits per heavy atom. The van der Waals surface area contributed by atoms with Crippen LogP contribution >= 0.6 is 0 Å². The molecule has 0 bridgehead atoms. The number of nitrogens with one attached hydrogen (secondary N) is 3. The summed E-state index contributed by atoms with van der Waals surface area (Å²) in [5, 5.41) is 54.8. The topological polar surface area (TPSA) is 349 Å². The average Bonchev–Trinajstić information content (AvgIpc) is 1.78.